The largest absolute Gasteiger partial charge is 0.447 e. The van der Waals surface area contributed by atoms with Gasteiger partial charge >= 0.3 is 5.69 Å². The second-order valence-electron chi connectivity index (χ2n) is 4.33. The minimum atomic E-state index is -0.998. The van der Waals surface area contributed by atoms with Crippen molar-refractivity contribution < 1.29 is 19.2 Å². The number of amides is 1. The molecular formula is C11H12N2O5. The van der Waals surface area contributed by atoms with E-state index in [1.54, 1.807) is 13.8 Å². The second-order valence-corrected chi connectivity index (χ2v) is 4.33. The maximum Gasteiger partial charge on any atom is 0.315 e. The van der Waals surface area contributed by atoms with Crippen LogP contribution in [0.4, 0.5) is 11.4 Å². The third-order valence-corrected chi connectivity index (χ3v) is 2.29. The minimum Gasteiger partial charge on any atom is -0.447 e. The molecule has 1 aliphatic heterocycles. The van der Waals surface area contributed by atoms with Crippen molar-refractivity contribution in [2.24, 2.45) is 0 Å². The van der Waals surface area contributed by atoms with Gasteiger partial charge in [0.2, 0.25) is 17.4 Å². The molecule has 96 valence electrons. The highest BCUT2D eigenvalue weighted by molar-refractivity contribution is 5.92. The lowest BCUT2D eigenvalue weighted by Crippen LogP contribution is -2.30. The van der Waals surface area contributed by atoms with Crippen LogP contribution in [0.1, 0.15) is 20.8 Å². The molecule has 1 aromatic carbocycles. The van der Waals surface area contributed by atoms with Gasteiger partial charge in [0.1, 0.15) is 0 Å². The summed E-state index contributed by atoms with van der Waals surface area (Å²) in [6.45, 7) is 4.61. The average molecular weight is 252 g/mol. The van der Waals surface area contributed by atoms with Gasteiger partial charge in [0, 0.05) is 26.8 Å². The van der Waals surface area contributed by atoms with E-state index < -0.39 is 10.7 Å². The van der Waals surface area contributed by atoms with Gasteiger partial charge in [0.15, 0.2) is 5.75 Å². The third-order valence-electron chi connectivity index (χ3n) is 2.29. The third kappa shape index (κ3) is 2.06. The molecule has 1 amide bonds. The number of rotatable bonds is 2. The van der Waals surface area contributed by atoms with Gasteiger partial charge in [0.25, 0.3) is 0 Å². The number of hydrogen-bond donors (Lipinski definition) is 1. The molecular weight excluding hydrogens is 240 g/mol. The van der Waals surface area contributed by atoms with Crippen LogP contribution in [-0.4, -0.2) is 16.6 Å². The molecule has 1 heterocycles. The molecule has 2 rings (SSSR count). The van der Waals surface area contributed by atoms with Crippen LogP contribution in [0.2, 0.25) is 0 Å². The molecule has 1 N–H and O–H groups in total. The highest BCUT2D eigenvalue weighted by Gasteiger charge is 2.39. The van der Waals surface area contributed by atoms with Crippen LogP contribution in [0, 0.1) is 10.1 Å². The number of nitro benzene ring substituents is 1. The molecule has 0 aromatic heterocycles. The Morgan fingerprint density at radius 3 is 2.50 bits per heavy atom. The Balaban J connectivity index is 2.54. The summed E-state index contributed by atoms with van der Waals surface area (Å²) in [5.41, 5.74) is 0.165. The molecule has 0 saturated heterocycles. The Labute approximate surface area is 103 Å². The molecule has 1 aromatic rings. The maximum atomic E-state index is 11.1. The zero-order chi connectivity index (χ0) is 13.5. The smallest absolute Gasteiger partial charge is 0.315 e. The quantitative estimate of drug-likeness (QED) is 0.642. The second kappa shape index (κ2) is 3.86. The normalized spacial score (nSPS) is 15.3. The fourth-order valence-electron chi connectivity index (χ4n) is 1.70. The maximum absolute atomic E-state index is 11.1. The summed E-state index contributed by atoms with van der Waals surface area (Å²) in [6, 6.07) is 2.69. The van der Waals surface area contributed by atoms with Gasteiger partial charge in [-0.1, -0.05) is 0 Å². The summed E-state index contributed by atoms with van der Waals surface area (Å²) < 4.78 is 10.9. The van der Waals surface area contributed by atoms with E-state index >= 15 is 0 Å². The van der Waals surface area contributed by atoms with Crippen molar-refractivity contribution in [2.75, 3.05) is 5.32 Å². The van der Waals surface area contributed by atoms with Crippen LogP contribution < -0.4 is 14.8 Å². The van der Waals surface area contributed by atoms with Crippen LogP contribution in [0.25, 0.3) is 0 Å². The molecule has 0 aliphatic carbocycles. The molecule has 18 heavy (non-hydrogen) atoms. The monoisotopic (exact) mass is 252 g/mol. The number of anilines is 1. The standard InChI is InChI=1S/C11H12N2O5/c1-6(14)12-7-4-5-8(13(15)16)10-9(7)17-11(2,3)18-10/h4-5H,1-3H3,(H,12,14). The summed E-state index contributed by atoms with van der Waals surface area (Å²) >= 11 is 0. The van der Waals surface area contributed by atoms with Gasteiger partial charge < -0.3 is 14.8 Å². The van der Waals surface area contributed by atoms with Crippen molar-refractivity contribution in [3.05, 3.63) is 22.2 Å². The van der Waals surface area contributed by atoms with Crippen LogP contribution in [0.5, 0.6) is 11.5 Å². The lowest BCUT2D eigenvalue weighted by molar-refractivity contribution is -0.386. The van der Waals surface area contributed by atoms with Crippen LogP contribution >= 0.6 is 0 Å². The number of carbonyl (C=O) groups is 1. The van der Waals surface area contributed by atoms with E-state index in [1.165, 1.54) is 19.1 Å². The fourth-order valence-corrected chi connectivity index (χ4v) is 1.70. The zero-order valence-corrected chi connectivity index (χ0v) is 10.1. The van der Waals surface area contributed by atoms with Crippen molar-refractivity contribution in [3.8, 4) is 11.5 Å². The van der Waals surface area contributed by atoms with Gasteiger partial charge in [-0.05, 0) is 6.07 Å². The Morgan fingerprint density at radius 2 is 1.94 bits per heavy atom. The molecule has 0 fully saturated rings. The van der Waals surface area contributed by atoms with Gasteiger partial charge in [-0.3, -0.25) is 14.9 Å². The predicted octanol–water partition coefficient (Wildman–Crippen LogP) is 2.06. The lowest BCUT2D eigenvalue weighted by atomic mass is 10.2. The Hall–Kier alpha value is -2.31. The first-order valence-corrected chi connectivity index (χ1v) is 5.27. The van der Waals surface area contributed by atoms with Crippen molar-refractivity contribution in [3.63, 3.8) is 0 Å². The van der Waals surface area contributed by atoms with Crippen LogP contribution in [0.3, 0.4) is 0 Å². The predicted molar refractivity (Wildman–Crippen MR) is 62.7 cm³/mol. The minimum absolute atomic E-state index is 0.0382. The van der Waals surface area contributed by atoms with Crippen LogP contribution in [-0.2, 0) is 4.79 Å². The Kier molecular flexibility index (Phi) is 2.61. The number of nitrogens with one attached hydrogen (secondary N) is 1. The molecule has 0 unspecified atom stereocenters. The van der Waals surface area contributed by atoms with E-state index in [2.05, 4.69) is 5.32 Å². The molecule has 1 aliphatic rings. The van der Waals surface area contributed by atoms with Crippen molar-refractivity contribution in [1.29, 1.82) is 0 Å². The summed E-state index contributed by atoms with van der Waals surface area (Å²) in [6.07, 6.45) is 0. The molecule has 7 nitrogen and oxygen atoms in total. The molecule has 0 atom stereocenters. The number of ether oxygens (including phenoxy) is 2. The number of nitrogens with zero attached hydrogens (tertiary/aromatic N) is 1. The Morgan fingerprint density at radius 1 is 1.33 bits per heavy atom. The molecule has 0 radical (unpaired) electrons. The SMILES string of the molecule is CC(=O)Nc1ccc([N+](=O)[O-])c2c1OC(C)(C)O2. The van der Waals surface area contributed by atoms with Crippen LogP contribution in [0.15, 0.2) is 12.1 Å². The molecule has 0 spiro atoms. The zero-order valence-electron chi connectivity index (χ0n) is 10.1. The lowest BCUT2D eigenvalue weighted by Gasteiger charge is -2.16. The van der Waals surface area contributed by atoms with E-state index in [9.17, 15) is 14.9 Å². The molecule has 0 saturated carbocycles. The topological polar surface area (TPSA) is 90.7 Å². The number of fused-ring (bicyclic) bond motifs is 1. The first-order chi connectivity index (χ1) is 8.30. The fraction of sp³-hybridized carbons (Fsp3) is 0.364. The van der Waals surface area contributed by atoms with E-state index in [1.807, 2.05) is 0 Å². The van der Waals surface area contributed by atoms with E-state index in [0.29, 0.717) is 5.69 Å². The van der Waals surface area contributed by atoms with Gasteiger partial charge in [-0.2, -0.15) is 0 Å². The average Bonchev–Trinajstić information content (AvgIpc) is 2.52. The van der Waals surface area contributed by atoms with Crippen molar-refractivity contribution >= 4 is 17.3 Å². The highest BCUT2D eigenvalue weighted by atomic mass is 16.7. The summed E-state index contributed by atoms with van der Waals surface area (Å²) in [5, 5.41) is 13.4. The summed E-state index contributed by atoms with van der Waals surface area (Å²) in [4.78, 5) is 21.4. The van der Waals surface area contributed by atoms with Gasteiger partial charge in [-0.15, -0.1) is 0 Å². The van der Waals surface area contributed by atoms with Gasteiger partial charge in [0.05, 0.1) is 10.6 Å². The van der Waals surface area contributed by atoms with Crippen molar-refractivity contribution in [1.82, 2.24) is 0 Å². The number of hydrogen-bond acceptors (Lipinski definition) is 5. The first-order valence-electron chi connectivity index (χ1n) is 5.27. The number of nitro groups is 1. The van der Waals surface area contributed by atoms with Crippen molar-refractivity contribution in [2.45, 2.75) is 26.6 Å². The van der Waals surface area contributed by atoms with E-state index in [-0.39, 0.29) is 23.1 Å². The number of carbonyl (C=O) groups excluding carboxylic acids is 1. The van der Waals surface area contributed by atoms with Gasteiger partial charge in [-0.25, -0.2) is 0 Å². The molecule has 0 bridgehead atoms. The van der Waals surface area contributed by atoms with E-state index in [0.717, 1.165) is 0 Å². The summed E-state index contributed by atoms with van der Waals surface area (Å²) in [7, 11) is 0. The summed E-state index contributed by atoms with van der Waals surface area (Å²) in [5.74, 6) is -1.07. The highest BCUT2D eigenvalue weighted by Crippen LogP contribution is 2.49. The molecule has 7 heteroatoms. The van der Waals surface area contributed by atoms with E-state index in [4.69, 9.17) is 9.47 Å². The Bertz CT molecular complexity index is 538. The number of benzene rings is 1. The first kappa shape index (κ1) is 12.2.